The molecule has 1 aliphatic rings. The van der Waals surface area contributed by atoms with Gasteiger partial charge < -0.3 is 24.8 Å². The number of nitrogens with one attached hydrogen (secondary N) is 2. The molecule has 0 spiro atoms. The highest BCUT2D eigenvalue weighted by Gasteiger charge is 2.12. The van der Waals surface area contributed by atoms with Crippen molar-refractivity contribution in [1.82, 2.24) is 0 Å². The van der Waals surface area contributed by atoms with Crippen LogP contribution in [0.5, 0.6) is 17.2 Å². The van der Waals surface area contributed by atoms with Crippen molar-refractivity contribution < 1.29 is 14.2 Å². The quantitative estimate of drug-likeness (QED) is 0.818. The highest BCUT2D eigenvalue weighted by molar-refractivity contribution is 7.80. The molecule has 2 aromatic carbocycles. The lowest BCUT2D eigenvalue weighted by Gasteiger charge is -2.19. The van der Waals surface area contributed by atoms with Crippen molar-refractivity contribution in [2.24, 2.45) is 0 Å². The van der Waals surface area contributed by atoms with E-state index in [4.69, 9.17) is 38.0 Å². The summed E-state index contributed by atoms with van der Waals surface area (Å²) >= 11 is 11.3. The van der Waals surface area contributed by atoms with Crippen LogP contribution in [0.25, 0.3) is 0 Å². The molecule has 3 rings (SSSR count). The van der Waals surface area contributed by atoms with E-state index in [-0.39, 0.29) is 0 Å². The number of benzene rings is 2. The number of methoxy groups -OCH3 is 1. The van der Waals surface area contributed by atoms with Crippen LogP contribution in [0.1, 0.15) is 0 Å². The second-order valence-corrected chi connectivity index (χ2v) is 5.63. The average Bonchev–Trinajstić information content (AvgIpc) is 2.55. The van der Waals surface area contributed by atoms with Gasteiger partial charge in [-0.15, -0.1) is 0 Å². The highest BCUT2D eigenvalue weighted by Crippen LogP contribution is 2.33. The molecule has 5 nitrogen and oxygen atoms in total. The van der Waals surface area contributed by atoms with Gasteiger partial charge in [-0.2, -0.15) is 0 Å². The van der Waals surface area contributed by atoms with Crippen molar-refractivity contribution in [2.75, 3.05) is 31.0 Å². The number of hydrogen-bond acceptors (Lipinski definition) is 4. The standard InChI is InChI=1S/C16H15ClN2O3S/c1-20-13-4-2-10(17)8-12(13)19-16(23)18-11-3-5-14-15(9-11)22-7-6-21-14/h2-5,8-9H,6-7H2,1H3,(H2,18,19,23). The summed E-state index contributed by atoms with van der Waals surface area (Å²) in [6.45, 7) is 1.10. The van der Waals surface area contributed by atoms with Crippen molar-refractivity contribution in [2.45, 2.75) is 0 Å². The number of halogens is 1. The summed E-state index contributed by atoms with van der Waals surface area (Å²) in [7, 11) is 1.59. The fourth-order valence-corrected chi connectivity index (χ4v) is 2.58. The first-order valence-electron chi connectivity index (χ1n) is 6.97. The third-order valence-electron chi connectivity index (χ3n) is 3.21. The molecule has 23 heavy (non-hydrogen) atoms. The maximum Gasteiger partial charge on any atom is 0.175 e. The molecule has 0 aromatic heterocycles. The molecule has 2 aromatic rings. The Hall–Kier alpha value is -2.18. The molecule has 0 amide bonds. The van der Waals surface area contributed by atoms with Crippen LogP contribution >= 0.6 is 23.8 Å². The van der Waals surface area contributed by atoms with Crippen LogP contribution in [0.3, 0.4) is 0 Å². The van der Waals surface area contributed by atoms with E-state index in [1.165, 1.54) is 0 Å². The van der Waals surface area contributed by atoms with Gasteiger partial charge in [-0.25, -0.2) is 0 Å². The number of ether oxygens (including phenoxy) is 3. The SMILES string of the molecule is COc1ccc(Cl)cc1NC(=S)Nc1ccc2c(c1)OCCO2. The average molecular weight is 351 g/mol. The maximum atomic E-state index is 6.01. The summed E-state index contributed by atoms with van der Waals surface area (Å²) in [5.74, 6) is 2.09. The van der Waals surface area contributed by atoms with Gasteiger partial charge in [0, 0.05) is 16.8 Å². The highest BCUT2D eigenvalue weighted by atomic mass is 35.5. The van der Waals surface area contributed by atoms with E-state index in [1.54, 1.807) is 25.3 Å². The molecule has 7 heteroatoms. The molecule has 0 fully saturated rings. The third-order valence-corrected chi connectivity index (χ3v) is 3.65. The van der Waals surface area contributed by atoms with Crippen molar-refractivity contribution in [3.63, 3.8) is 0 Å². The number of rotatable bonds is 3. The first-order chi connectivity index (χ1) is 11.2. The minimum atomic E-state index is 0.419. The lowest BCUT2D eigenvalue weighted by atomic mass is 10.2. The molecule has 1 heterocycles. The second kappa shape index (κ2) is 6.93. The fourth-order valence-electron chi connectivity index (χ4n) is 2.18. The third kappa shape index (κ3) is 3.78. The summed E-state index contributed by atoms with van der Waals surface area (Å²) < 4.78 is 16.3. The molecule has 0 atom stereocenters. The lowest BCUT2D eigenvalue weighted by molar-refractivity contribution is 0.171. The second-order valence-electron chi connectivity index (χ2n) is 4.78. The predicted molar refractivity (Wildman–Crippen MR) is 95.3 cm³/mol. The van der Waals surface area contributed by atoms with Crippen LogP contribution in [-0.4, -0.2) is 25.4 Å². The van der Waals surface area contributed by atoms with Crippen molar-refractivity contribution in [3.05, 3.63) is 41.4 Å². The summed E-state index contributed by atoms with van der Waals surface area (Å²) in [4.78, 5) is 0. The molecular formula is C16H15ClN2O3S. The monoisotopic (exact) mass is 350 g/mol. The van der Waals surface area contributed by atoms with E-state index in [2.05, 4.69) is 10.6 Å². The number of anilines is 2. The van der Waals surface area contributed by atoms with Gasteiger partial charge in [-0.05, 0) is 42.5 Å². The van der Waals surface area contributed by atoms with Crippen molar-refractivity contribution >= 4 is 40.3 Å². The Balaban J connectivity index is 1.71. The van der Waals surface area contributed by atoms with Gasteiger partial charge in [0.25, 0.3) is 0 Å². The Morgan fingerprint density at radius 1 is 1.09 bits per heavy atom. The van der Waals surface area contributed by atoms with E-state index in [1.807, 2.05) is 18.2 Å². The van der Waals surface area contributed by atoms with Crippen LogP contribution in [0.15, 0.2) is 36.4 Å². The minimum Gasteiger partial charge on any atom is -0.495 e. The van der Waals surface area contributed by atoms with Gasteiger partial charge in [0.2, 0.25) is 0 Å². The first kappa shape index (κ1) is 15.7. The lowest BCUT2D eigenvalue weighted by Crippen LogP contribution is -2.20. The van der Waals surface area contributed by atoms with Gasteiger partial charge in [0.15, 0.2) is 16.6 Å². The van der Waals surface area contributed by atoms with E-state index in [0.717, 1.165) is 11.4 Å². The number of thiocarbonyl (C=S) groups is 1. The number of hydrogen-bond donors (Lipinski definition) is 2. The van der Waals surface area contributed by atoms with Gasteiger partial charge >= 0.3 is 0 Å². The normalized spacial score (nSPS) is 12.4. The molecule has 0 aliphatic carbocycles. The van der Waals surface area contributed by atoms with Gasteiger partial charge in [0.1, 0.15) is 19.0 Å². The largest absolute Gasteiger partial charge is 0.495 e. The van der Waals surface area contributed by atoms with Crippen LogP contribution in [0.4, 0.5) is 11.4 Å². The Kier molecular flexibility index (Phi) is 4.73. The molecule has 0 bridgehead atoms. The Bertz CT molecular complexity index is 739. The predicted octanol–water partition coefficient (Wildman–Crippen LogP) is 3.93. The summed E-state index contributed by atoms with van der Waals surface area (Å²) in [5.41, 5.74) is 1.49. The molecule has 2 N–H and O–H groups in total. The maximum absolute atomic E-state index is 6.01. The van der Waals surface area contributed by atoms with Crippen LogP contribution in [0.2, 0.25) is 5.02 Å². The van der Waals surface area contributed by atoms with Crippen LogP contribution in [-0.2, 0) is 0 Å². The van der Waals surface area contributed by atoms with Gasteiger partial charge in [-0.3, -0.25) is 0 Å². The Morgan fingerprint density at radius 2 is 1.87 bits per heavy atom. The Morgan fingerprint density at radius 3 is 2.65 bits per heavy atom. The zero-order valence-corrected chi connectivity index (χ0v) is 14.0. The summed E-state index contributed by atoms with van der Waals surface area (Å²) in [5, 5.41) is 7.18. The van der Waals surface area contributed by atoms with Gasteiger partial charge in [-0.1, -0.05) is 11.6 Å². The summed E-state index contributed by atoms with van der Waals surface area (Å²) in [6.07, 6.45) is 0. The van der Waals surface area contributed by atoms with E-state index in [0.29, 0.717) is 40.5 Å². The van der Waals surface area contributed by atoms with E-state index >= 15 is 0 Å². The van der Waals surface area contributed by atoms with Crippen LogP contribution < -0.4 is 24.8 Å². The van der Waals surface area contributed by atoms with Crippen molar-refractivity contribution in [3.8, 4) is 17.2 Å². The smallest absolute Gasteiger partial charge is 0.175 e. The molecule has 1 aliphatic heterocycles. The van der Waals surface area contributed by atoms with E-state index < -0.39 is 0 Å². The molecule has 0 unspecified atom stereocenters. The van der Waals surface area contributed by atoms with E-state index in [9.17, 15) is 0 Å². The van der Waals surface area contributed by atoms with Crippen LogP contribution in [0, 0.1) is 0 Å². The minimum absolute atomic E-state index is 0.419. The van der Waals surface area contributed by atoms with Gasteiger partial charge in [0.05, 0.1) is 12.8 Å². The topological polar surface area (TPSA) is 51.8 Å². The summed E-state index contributed by atoms with van der Waals surface area (Å²) in [6, 6.07) is 10.8. The first-order valence-corrected chi connectivity index (χ1v) is 7.75. The van der Waals surface area contributed by atoms with Crippen molar-refractivity contribution in [1.29, 1.82) is 0 Å². The zero-order chi connectivity index (χ0) is 16.2. The number of fused-ring (bicyclic) bond motifs is 1. The molecule has 0 radical (unpaired) electrons. The molecule has 120 valence electrons. The molecule has 0 saturated carbocycles. The Labute approximate surface area is 144 Å². The molecular weight excluding hydrogens is 336 g/mol. The fraction of sp³-hybridized carbons (Fsp3) is 0.188. The molecule has 0 saturated heterocycles. The zero-order valence-electron chi connectivity index (χ0n) is 12.4.